The molecule has 4 N–H and O–H groups in total. The van der Waals surface area contributed by atoms with Crippen molar-refractivity contribution >= 4 is 17.9 Å². The number of benzene rings is 1. The van der Waals surface area contributed by atoms with Crippen LogP contribution in [0.15, 0.2) is 18.2 Å². The first-order chi connectivity index (χ1) is 9.77. The number of hydrogen-bond donors (Lipinski definition) is 4. The SMILES string of the molecule is CCOC(=O)C(O)C(O)c1cc(C(=O)O)cc(C(=O)O)c1. The monoisotopic (exact) mass is 298 g/mol. The van der Waals surface area contributed by atoms with E-state index in [-0.39, 0.29) is 23.3 Å². The van der Waals surface area contributed by atoms with Crippen LogP contribution in [0.5, 0.6) is 0 Å². The highest BCUT2D eigenvalue weighted by molar-refractivity contribution is 5.94. The second-order valence-electron chi connectivity index (χ2n) is 4.10. The highest BCUT2D eigenvalue weighted by Crippen LogP contribution is 2.21. The Bertz CT molecular complexity index is 533. The van der Waals surface area contributed by atoms with Gasteiger partial charge in [0.1, 0.15) is 6.10 Å². The Morgan fingerprint density at radius 3 is 1.90 bits per heavy atom. The van der Waals surface area contributed by atoms with Gasteiger partial charge in [0, 0.05) is 0 Å². The Morgan fingerprint density at radius 2 is 1.52 bits per heavy atom. The summed E-state index contributed by atoms with van der Waals surface area (Å²) < 4.78 is 4.52. The minimum atomic E-state index is -1.95. The molecule has 0 saturated carbocycles. The first-order valence-electron chi connectivity index (χ1n) is 5.92. The molecule has 0 saturated heterocycles. The fourth-order valence-corrected chi connectivity index (χ4v) is 1.61. The summed E-state index contributed by atoms with van der Waals surface area (Å²) in [5.74, 6) is -3.91. The highest BCUT2D eigenvalue weighted by Gasteiger charge is 2.28. The Morgan fingerprint density at radius 1 is 1.05 bits per heavy atom. The van der Waals surface area contributed by atoms with Crippen molar-refractivity contribution in [2.24, 2.45) is 0 Å². The summed E-state index contributed by atoms with van der Waals surface area (Å²) in [6.07, 6.45) is -3.75. The van der Waals surface area contributed by atoms with E-state index in [1.165, 1.54) is 6.92 Å². The average Bonchev–Trinajstić information content (AvgIpc) is 2.45. The number of aliphatic hydroxyl groups is 2. The number of carbonyl (C=O) groups excluding carboxylic acids is 1. The third-order valence-corrected chi connectivity index (χ3v) is 2.62. The molecule has 0 aromatic heterocycles. The van der Waals surface area contributed by atoms with E-state index in [0.717, 1.165) is 18.2 Å². The van der Waals surface area contributed by atoms with Gasteiger partial charge in [0.2, 0.25) is 0 Å². The molecule has 0 aliphatic rings. The van der Waals surface area contributed by atoms with Crippen molar-refractivity contribution in [3.05, 3.63) is 34.9 Å². The Hall–Kier alpha value is -2.45. The molecule has 0 fully saturated rings. The summed E-state index contributed by atoms with van der Waals surface area (Å²) in [6.45, 7) is 1.49. The molecular weight excluding hydrogens is 284 g/mol. The molecule has 0 aliphatic heterocycles. The number of aromatic carboxylic acids is 2. The average molecular weight is 298 g/mol. The molecule has 8 nitrogen and oxygen atoms in total. The summed E-state index contributed by atoms with van der Waals surface area (Å²) >= 11 is 0. The predicted molar refractivity (Wildman–Crippen MR) is 68.0 cm³/mol. The molecule has 2 unspecified atom stereocenters. The van der Waals surface area contributed by atoms with Gasteiger partial charge in [0.05, 0.1) is 17.7 Å². The van der Waals surface area contributed by atoms with Crippen LogP contribution in [0.25, 0.3) is 0 Å². The molecule has 0 aliphatic carbocycles. The van der Waals surface area contributed by atoms with E-state index >= 15 is 0 Å². The smallest absolute Gasteiger partial charge is 0.338 e. The van der Waals surface area contributed by atoms with Gasteiger partial charge in [-0.3, -0.25) is 0 Å². The molecule has 0 radical (unpaired) electrons. The van der Waals surface area contributed by atoms with E-state index in [4.69, 9.17) is 10.2 Å². The van der Waals surface area contributed by atoms with Crippen LogP contribution >= 0.6 is 0 Å². The van der Waals surface area contributed by atoms with Crippen molar-refractivity contribution in [3.63, 3.8) is 0 Å². The van der Waals surface area contributed by atoms with Crippen LogP contribution in [0.3, 0.4) is 0 Å². The lowest BCUT2D eigenvalue weighted by Crippen LogP contribution is -2.30. The fourth-order valence-electron chi connectivity index (χ4n) is 1.61. The van der Waals surface area contributed by atoms with Gasteiger partial charge >= 0.3 is 17.9 Å². The topological polar surface area (TPSA) is 141 Å². The molecule has 8 heteroatoms. The number of carboxylic acid groups (broad SMARTS) is 2. The second-order valence-corrected chi connectivity index (χ2v) is 4.10. The zero-order valence-corrected chi connectivity index (χ0v) is 11.0. The molecule has 1 aromatic rings. The van der Waals surface area contributed by atoms with Crippen molar-refractivity contribution in [3.8, 4) is 0 Å². The fraction of sp³-hybridized carbons (Fsp3) is 0.308. The van der Waals surface area contributed by atoms with Gasteiger partial charge in [-0.2, -0.15) is 0 Å². The van der Waals surface area contributed by atoms with E-state index in [1.54, 1.807) is 0 Å². The maximum atomic E-state index is 11.3. The number of carboxylic acids is 2. The second kappa shape index (κ2) is 6.82. The van der Waals surface area contributed by atoms with Gasteiger partial charge < -0.3 is 25.2 Å². The van der Waals surface area contributed by atoms with Crippen LogP contribution in [-0.2, 0) is 9.53 Å². The Labute approximate surface area is 119 Å². The quantitative estimate of drug-likeness (QED) is 0.539. The number of esters is 1. The number of rotatable bonds is 6. The Balaban J connectivity index is 3.19. The lowest BCUT2D eigenvalue weighted by atomic mass is 9.98. The molecule has 114 valence electrons. The normalized spacial score (nSPS) is 13.3. The maximum Gasteiger partial charge on any atom is 0.338 e. The van der Waals surface area contributed by atoms with Gasteiger partial charge in [-0.1, -0.05) is 0 Å². The molecular formula is C13H14O8. The lowest BCUT2D eigenvalue weighted by Gasteiger charge is -2.17. The van der Waals surface area contributed by atoms with Crippen molar-refractivity contribution in [2.75, 3.05) is 6.61 Å². The predicted octanol–water partition coefficient (Wildman–Crippen LogP) is 0.0404. The Kier molecular flexibility index (Phi) is 5.39. The zero-order valence-electron chi connectivity index (χ0n) is 11.0. The first-order valence-corrected chi connectivity index (χ1v) is 5.92. The van der Waals surface area contributed by atoms with Crippen LogP contribution in [0, 0.1) is 0 Å². The van der Waals surface area contributed by atoms with Gasteiger partial charge in [0.15, 0.2) is 6.10 Å². The van der Waals surface area contributed by atoms with Crippen molar-refractivity contribution in [1.82, 2.24) is 0 Å². The zero-order chi connectivity index (χ0) is 16.2. The van der Waals surface area contributed by atoms with Crippen molar-refractivity contribution < 1.29 is 39.5 Å². The van der Waals surface area contributed by atoms with E-state index < -0.39 is 30.1 Å². The van der Waals surface area contributed by atoms with Crippen LogP contribution in [0.2, 0.25) is 0 Å². The molecule has 1 rings (SSSR count). The van der Waals surface area contributed by atoms with Crippen molar-refractivity contribution in [1.29, 1.82) is 0 Å². The lowest BCUT2D eigenvalue weighted by molar-refractivity contribution is -0.159. The van der Waals surface area contributed by atoms with Gasteiger partial charge in [-0.05, 0) is 30.7 Å². The first kappa shape index (κ1) is 16.6. The molecule has 0 heterocycles. The number of aliphatic hydroxyl groups excluding tert-OH is 2. The van der Waals surface area contributed by atoms with Gasteiger partial charge in [-0.25, -0.2) is 14.4 Å². The highest BCUT2D eigenvalue weighted by atomic mass is 16.5. The van der Waals surface area contributed by atoms with E-state index in [9.17, 15) is 24.6 Å². The summed E-state index contributed by atoms with van der Waals surface area (Å²) in [6, 6.07) is 2.85. The minimum absolute atomic E-state index is 0.0157. The van der Waals surface area contributed by atoms with E-state index in [0.29, 0.717) is 0 Å². The van der Waals surface area contributed by atoms with Gasteiger partial charge in [-0.15, -0.1) is 0 Å². The summed E-state index contributed by atoms with van der Waals surface area (Å²) in [7, 11) is 0. The van der Waals surface area contributed by atoms with Crippen LogP contribution in [-0.4, -0.2) is 51.0 Å². The van der Waals surface area contributed by atoms with Crippen LogP contribution in [0.4, 0.5) is 0 Å². The molecule has 0 amide bonds. The molecule has 0 bridgehead atoms. The van der Waals surface area contributed by atoms with Crippen LogP contribution in [0.1, 0.15) is 39.3 Å². The molecule has 0 spiro atoms. The molecule has 21 heavy (non-hydrogen) atoms. The standard InChI is InChI=1S/C13H14O8/c1-2-21-13(20)10(15)9(14)6-3-7(11(16)17)5-8(4-6)12(18)19/h3-5,9-10,14-15H,2H2,1H3,(H,16,17)(H,18,19). The van der Waals surface area contributed by atoms with E-state index in [1.807, 2.05) is 0 Å². The third kappa shape index (κ3) is 4.01. The minimum Gasteiger partial charge on any atom is -0.478 e. The number of ether oxygens (including phenoxy) is 1. The number of carbonyl (C=O) groups is 3. The summed E-state index contributed by atoms with van der Waals surface area (Å²) in [5, 5.41) is 37.3. The molecule has 2 atom stereocenters. The van der Waals surface area contributed by atoms with Crippen molar-refractivity contribution in [2.45, 2.75) is 19.1 Å². The third-order valence-electron chi connectivity index (χ3n) is 2.62. The molecule has 1 aromatic carbocycles. The van der Waals surface area contributed by atoms with Crippen LogP contribution < -0.4 is 0 Å². The summed E-state index contributed by atoms with van der Waals surface area (Å²) in [5.41, 5.74) is -0.993. The van der Waals surface area contributed by atoms with E-state index in [2.05, 4.69) is 4.74 Å². The largest absolute Gasteiger partial charge is 0.478 e. The summed E-state index contributed by atoms with van der Waals surface area (Å²) in [4.78, 5) is 33.2. The maximum absolute atomic E-state index is 11.3. The van der Waals surface area contributed by atoms with Gasteiger partial charge in [0.25, 0.3) is 0 Å². The number of hydrogen-bond acceptors (Lipinski definition) is 6.